The lowest BCUT2D eigenvalue weighted by Gasteiger charge is -2.18. The summed E-state index contributed by atoms with van der Waals surface area (Å²) < 4.78 is 28.3. The first kappa shape index (κ1) is 15.8. The Morgan fingerprint density at radius 2 is 2.05 bits per heavy atom. The van der Waals surface area contributed by atoms with Crippen LogP contribution in [0.15, 0.2) is 23.1 Å². The fourth-order valence-electron chi connectivity index (χ4n) is 2.10. The lowest BCUT2D eigenvalue weighted by atomic mass is 9.96. The Morgan fingerprint density at radius 3 is 2.62 bits per heavy atom. The van der Waals surface area contributed by atoms with Gasteiger partial charge < -0.3 is 10.1 Å². The second-order valence-electron chi connectivity index (χ2n) is 5.65. The van der Waals surface area contributed by atoms with Gasteiger partial charge in [-0.05, 0) is 24.1 Å². The van der Waals surface area contributed by atoms with E-state index in [9.17, 15) is 13.2 Å². The molecule has 0 saturated heterocycles. The van der Waals surface area contributed by atoms with Crippen molar-refractivity contribution >= 4 is 15.9 Å². The zero-order valence-electron chi connectivity index (χ0n) is 12.3. The Bertz CT molecular complexity index is 655. The van der Waals surface area contributed by atoms with Gasteiger partial charge in [0.05, 0.1) is 10.9 Å². The molecule has 21 heavy (non-hydrogen) atoms. The van der Waals surface area contributed by atoms with Crippen LogP contribution in [0.4, 0.5) is 0 Å². The third kappa shape index (κ3) is 3.36. The van der Waals surface area contributed by atoms with E-state index in [1.165, 1.54) is 12.1 Å². The molecule has 1 aliphatic rings. The summed E-state index contributed by atoms with van der Waals surface area (Å²) in [6.45, 7) is 6.10. The van der Waals surface area contributed by atoms with Crippen molar-refractivity contribution in [3.8, 4) is 5.75 Å². The number of sulfonamides is 1. The molecule has 2 atom stereocenters. The molecule has 2 rings (SSSR count). The highest BCUT2D eigenvalue weighted by molar-refractivity contribution is 7.89. The number of benzene rings is 1. The number of carbonyl (C=O) groups is 1. The lowest BCUT2D eigenvalue weighted by molar-refractivity contribution is -0.126. The van der Waals surface area contributed by atoms with Gasteiger partial charge in [0.15, 0.2) is 0 Å². The highest BCUT2D eigenvalue weighted by Crippen LogP contribution is 2.34. The molecule has 0 bridgehead atoms. The molecule has 1 heterocycles. The first-order valence-electron chi connectivity index (χ1n) is 6.80. The van der Waals surface area contributed by atoms with E-state index in [0.717, 1.165) is 0 Å². The van der Waals surface area contributed by atoms with Crippen LogP contribution in [0.1, 0.15) is 32.4 Å². The highest BCUT2D eigenvalue weighted by Gasteiger charge is 2.29. The molecule has 2 unspecified atom stereocenters. The van der Waals surface area contributed by atoms with E-state index in [0.29, 0.717) is 17.9 Å². The van der Waals surface area contributed by atoms with Crippen molar-refractivity contribution < 1.29 is 17.9 Å². The molecule has 116 valence electrons. The minimum Gasteiger partial charge on any atom is -0.491 e. The topological polar surface area (TPSA) is 98.5 Å². The second kappa shape index (κ2) is 5.65. The van der Waals surface area contributed by atoms with Crippen LogP contribution in [0.3, 0.4) is 0 Å². The Kier molecular flexibility index (Phi) is 4.25. The fraction of sp³-hybridized carbons (Fsp3) is 0.500. The second-order valence-corrected chi connectivity index (χ2v) is 7.21. The SMILES string of the molecule is CC(C)C(C)C(=O)NC1COc2ccc(S(N)(=O)=O)cc21. The Hall–Kier alpha value is -1.60. The summed E-state index contributed by atoms with van der Waals surface area (Å²) in [7, 11) is -3.77. The number of rotatable bonds is 4. The monoisotopic (exact) mass is 312 g/mol. The van der Waals surface area contributed by atoms with Gasteiger partial charge in [0.25, 0.3) is 0 Å². The summed E-state index contributed by atoms with van der Waals surface area (Å²) in [5.41, 5.74) is 0.644. The third-order valence-corrected chi connectivity index (χ3v) is 4.73. The van der Waals surface area contributed by atoms with E-state index < -0.39 is 10.0 Å². The van der Waals surface area contributed by atoms with Gasteiger partial charge in [-0.1, -0.05) is 20.8 Å². The smallest absolute Gasteiger partial charge is 0.238 e. The number of nitrogens with one attached hydrogen (secondary N) is 1. The quantitative estimate of drug-likeness (QED) is 0.872. The summed E-state index contributed by atoms with van der Waals surface area (Å²) in [5.74, 6) is 0.593. The number of ether oxygens (including phenoxy) is 1. The van der Waals surface area contributed by atoms with Crippen LogP contribution < -0.4 is 15.2 Å². The van der Waals surface area contributed by atoms with Crippen LogP contribution in [-0.4, -0.2) is 20.9 Å². The van der Waals surface area contributed by atoms with Crippen LogP contribution in [0.25, 0.3) is 0 Å². The molecule has 0 aliphatic carbocycles. The van der Waals surface area contributed by atoms with Gasteiger partial charge in [-0.25, -0.2) is 13.6 Å². The molecular formula is C14H20N2O4S. The van der Waals surface area contributed by atoms with Gasteiger partial charge in [0.1, 0.15) is 12.4 Å². The minimum absolute atomic E-state index is 0.0166. The summed E-state index contributed by atoms with van der Waals surface area (Å²) in [6, 6.07) is 4.07. The molecule has 0 spiro atoms. The maximum Gasteiger partial charge on any atom is 0.238 e. The molecule has 7 heteroatoms. The van der Waals surface area contributed by atoms with Gasteiger partial charge in [-0.3, -0.25) is 4.79 Å². The van der Waals surface area contributed by atoms with Crippen molar-refractivity contribution in [1.29, 1.82) is 0 Å². The molecule has 3 N–H and O–H groups in total. The van der Waals surface area contributed by atoms with Crippen molar-refractivity contribution in [2.75, 3.05) is 6.61 Å². The molecule has 0 radical (unpaired) electrons. The Labute approximate surface area is 124 Å². The first-order valence-corrected chi connectivity index (χ1v) is 8.34. The van der Waals surface area contributed by atoms with E-state index >= 15 is 0 Å². The maximum absolute atomic E-state index is 12.1. The van der Waals surface area contributed by atoms with E-state index in [2.05, 4.69) is 5.32 Å². The summed E-state index contributed by atoms with van der Waals surface area (Å²) in [5, 5.41) is 8.02. The summed E-state index contributed by atoms with van der Waals surface area (Å²) in [6.07, 6.45) is 0. The Morgan fingerprint density at radius 1 is 1.38 bits per heavy atom. The number of fused-ring (bicyclic) bond motifs is 1. The van der Waals surface area contributed by atoms with Crippen LogP contribution >= 0.6 is 0 Å². The van der Waals surface area contributed by atoms with Crippen molar-refractivity contribution in [1.82, 2.24) is 5.32 Å². The zero-order chi connectivity index (χ0) is 15.8. The van der Waals surface area contributed by atoms with E-state index in [1.807, 2.05) is 20.8 Å². The summed E-state index contributed by atoms with van der Waals surface area (Å²) in [4.78, 5) is 12.1. The number of hydrogen-bond donors (Lipinski definition) is 2. The molecule has 1 aromatic rings. The molecule has 6 nitrogen and oxygen atoms in total. The molecule has 1 aromatic carbocycles. The van der Waals surface area contributed by atoms with Gasteiger partial charge in [0.2, 0.25) is 15.9 Å². The van der Waals surface area contributed by atoms with Crippen LogP contribution in [0.2, 0.25) is 0 Å². The highest BCUT2D eigenvalue weighted by atomic mass is 32.2. The first-order chi connectivity index (χ1) is 9.70. The lowest BCUT2D eigenvalue weighted by Crippen LogP contribution is -2.35. The standard InChI is InChI=1S/C14H20N2O4S/c1-8(2)9(3)14(17)16-12-7-20-13-5-4-10(6-11(12)13)21(15,18)19/h4-6,8-9,12H,7H2,1-3H3,(H,16,17)(H2,15,18,19). The molecule has 0 saturated carbocycles. The zero-order valence-corrected chi connectivity index (χ0v) is 13.1. The average molecular weight is 312 g/mol. The number of primary sulfonamides is 1. The normalized spacial score (nSPS) is 19.0. The number of hydrogen-bond acceptors (Lipinski definition) is 4. The molecule has 1 amide bonds. The Balaban J connectivity index is 2.23. The molecular weight excluding hydrogens is 292 g/mol. The van der Waals surface area contributed by atoms with Crippen LogP contribution in [-0.2, 0) is 14.8 Å². The predicted molar refractivity (Wildman–Crippen MR) is 78.2 cm³/mol. The predicted octanol–water partition coefficient (Wildman–Crippen LogP) is 1.18. The fourth-order valence-corrected chi connectivity index (χ4v) is 2.64. The van der Waals surface area contributed by atoms with Crippen molar-refractivity contribution in [2.45, 2.75) is 31.7 Å². The van der Waals surface area contributed by atoms with E-state index in [4.69, 9.17) is 9.88 Å². The van der Waals surface area contributed by atoms with Crippen LogP contribution in [0, 0.1) is 11.8 Å². The van der Waals surface area contributed by atoms with Gasteiger partial charge >= 0.3 is 0 Å². The van der Waals surface area contributed by atoms with E-state index in [-0.39, 0.29) is 28.7 Å². The van der Waals surface area contributed by atoms with Crippen molar-refractivity contribution in [3.63, 3.8) is 0 Å². The number of amides is 1. The maximum atomic E-state index is 12.1. The van der Waals surface area contributed by atoms with Crippen molar-refractivity contribution in [2.24, 2.45) is 17.0 Å². The minimum atomic E-state index is -3.77. The van der Waals surface area contributed by atoms with E-state index in [1.54, 1.807) is 6.07 Å². The van der Waals surface area contributed by atoms with Crippen molar-refractivity contribution in [3.05, 3.63) is 23.8 Å². The molecule has 0 fully saturated rings. The van der Waals surface area contributed by atoms with Gasteiger partial charge in [-0.15, -0.1) is 0 Å². The molecule has 1 aliphatic heterocycles. The number of nitrogens with two attached hydrogens (primary N) is 1. The summed E-state index contributed by atoms with van der Waals surface area (Å²) >= 11 is 0. The largest absolute Gasteiger partial charge is 0.491 e. The molecule has 0 aromatic heterocycles. The third-order valence-electron chi connectivity index (χ3n) is 3.82. The average Bonchev–Trinajstić information content (AvgIpc) is 2.79. The van der Waals surface area contributed by atoms with Crippen LogP contribution in [0.5, 0.6) is 5.75 Å². The number of carbonyl (C=O) groups excluding carboxylic acids is 1. The van der Waals surface area contributed by atoms with Gasteiger partial charge in [0, 0.05) is 11.5 Å². The van der Waals surface area contributed by atoms with Gasteiger partial charge in [-0.2, -0.15) is 0 Å².